The molecule has 0 unspecified atom stereocenters. The summed E-state index contributed by atoms with van der Waals surface area (Å²) in [6.45, 7) is 0. The number of nitrogens with zero attached hydrogens (tertiary/aromatic N) is 5. The van der Waals surface area contributed by atoms with Gasteiger partial charge in [0.25, 0.3) is 0 Å². The lowest BCUT2D eigenvalue weighted by Crippen LogP contribution is -2.07. The highest BCUT2D eigenvalue weighted by atomic mass is 15.2. The average Bonchev–Trinajstić information content (AvgIpc) is 3.88. The third-order valence-electron chi connectivity index (χ3n) is 12.0. The summed E-state index contributed by atoms with van der Waals surface area (Å²) in [6.07, 6.45) is 0. The zero-order valence-electron chi connectivity index (χ0n) is 33.6. The summed E-state index contributed by atoms with van der Waals surface area (Å²) in [4.78, 5) is 15.9. The topological polar surface area (TPSA) is 48.5 Å². The first-order chi connectivity index (χ1) is 30.7. The van der Waals surface area contributed by atoms with Crippen LogP contribution in [-0.4, -0.2) is 24.1 Å². The minimum Gasteiger partial charge on any atom is -0.307 e. The minimum atomic E-state index is 0.559. The Morgan fingerprint density at radius 1 is 0.258 bits per heavy atom. The molecule has 12 rings (SSSR count). The van der Waals surface area contributed by atoms with Crippen molar-refractivity contribution in [3.63, 3.8) is 0 Å². The molecule has 0 fully saturated rings. The molecule has 9 aromatic carbocycles. The summed E-state index contributed by atoms with van der Waals surface area (Å²) in [6, 6.07) is 79.2. The first-order valence-corrected chi connectivity index (χ1v) is 20.9. The Morgan fingerprint density at radius 3 is 1.27 bits per heavy atom. The fourth-order valence-corrected chi connectivity index (χ4v) is 9.07. The third kappa shape index (κ3) is 5.98. The number of hydrogen-bond donors (Lipinski definition) is 0. The molecule has 0 aliphatic heterocycles. The van der Waals surface area contributed by atoms with E-state index in [9.17, 15) is 0 Å². The number of benzene rings is 9. The largest absolute Gasteiger partial charge is 0.307 e. The molecule has 62 heavy (non-hydrogen) atoms. The van der Waals surface area contributed by atoms with Crippen LogP contribution < -0.4 is 0 Å². The van der Waals surface area contributed by atoms with Gasteiger partial charge in [-0.05, 0) is 69.8 Å². The first kappa shape index (κ1) is 35.5. The highest BCUT2D eigenvalue weighted by molar-refractivity contribution is 6.23. The van der Waals surface area contributed by atoms with Crippen LogP contribution in [0.25, 0.3) is 111 Å². The van der Waals surface area contributed by atoms with Crippen LogP contribution in [0.5, 0.6) is 0 Å². The highest BCUT2D eigenvalue weighted by Crippen LogP contribution is 2.42. The van der Waals surface area contributed by atoms with Crippen LogP contribution in [0.15, 0.2) is 224 Å². The molecule has 0 amide bonds. The van der Waals surface area contributed by atoms with Gasteiger partial charge >= 0.3 is 0 Å². The third-order valence-corrected chi connectivity index (χ3v) is 12.0. The Labute approximate surface area is 358 Å². The molecule has 0 N–H and O–H groups in total. The number of rotatable bonds is 7. The second kappa shape index (κ2) is 14.7. The van der Waals surface area contributed by atoms with Gasteiger partial charge < -0.3 is 4.57 Å². The molecule has 0 bridgehead atoms. The van der Waals surface area contributed by atoms with Crippen molar-refractivity contribution in [3.05, 3.63) is 224 Å². The fourth-order valence-electron chi connectivity index (χ4n) is 9.07. The van der Waals surface area contributed by atoms with E-state index in [1.807, 2.05) is 18.2 Å². The SMILES string of the molecule is c1ccc(-c2ccc(-c3cccc(-c4cccc(-c5nc(-c6ccccc6)nc(-n6c7ccccc7c7ccc8c9ccccc9n(-c9ccccc9)c8c76)n5)c4)c3)cc2)cc1. The Hall–Kier alpha value is -8.41. The average molecular weight is 792 g/mol. The van der Waals surface area contributed by atoms with Crippen LogP contribution in [-0.2, 0) is 0 Å². The summed E-state index contributed by atoms with van der Waals surface area (Å²) in [7, 11) is 0. The van der Waals surface area contributed by atoms with E-state index in [2.05, 4.69) is 215 Å². The van der Waals surface area contributed by atoms with Gasteiger partial charge in [-0.2, -0.15) is 9.97 Å². The smallest absolute Gasteiger partial charge is 0.238 e. The van der Waals surface area contributed by atoms with E-state index in [0.29, 0.717) is 17.6 Å². The van der Waals surface area contributed by atoms with E-state index in [4.69, 9.17) is 15.0 Å². The van der Waals surface area contributed by atoms with E-state index < -0.39 is 0 Å². The van der Waals surface area contributed by atoms with Gasteiger partial charge in [-0.1, -0.05) is 188 Å². The molecule has 0 aliphatic rings. The van der Waals surface area contributed by atoms with Gasteiger partial charge in [0.05, 0.1) is 22.1 Å². The summed E-state index contributed by atoms with van der Waals surface area (Å²) in [5.41, 5.74) is 14.2. The van der Waals surface area contributed by atoms with E-state index in [-0.39, 0.29) is 0 Å². The van der Waals surface area contributed by atoms with E-state index in [1.165, 1.54) is 27.5 Å². The van der Waals surface area contributed by atoms with Crippen molar-refractivity contribution >= 4 is 43.6 Å². The molecule has 5 nitrogen and oxygen atoms in total. The predicted octanol–water partition coefficient (Wildman–Crippen LogP) is 14.4. The number of hydrogen-bond acceptors (Lipinski definition) is 3. The number of para-hydroxylation sites is 3. The van der Waals surface area contributed by atoms with Gasteiger partial charge in [-0.3, -0.25) is 4.57 Å². The van der Waals surface area contributed by atoms with Crippen LogP contribution in [0.1, 0.15) is 0 Å². The minimum absolute atomic E-state index is 0.559. The van der Waals surface area contributed by atoms with Gasteiger partial charge in [0, 0.05) is 38.4 Å². The van der Waals surface area contributed by atoms with Crippen molar-refractivity contribution in [1.29, 1.82) is 0 Å². The molecule has 0 radical (unpaired) electrons. The van der Waals surface area contributed by atoms with Gasteiger partial charge in [-0.25, -0.2) is 4.98 Å². The van der Waals surface area contributed by atoms with Crippen LogP contribution in [0.2, 0.25) is 0 Å². The van der Waals surface area contributed by atoms with Gasteiger partial charge in [0.1, 0.15) is 0 Å². The predicted molar refractivity (Wildman–Crippen MR) is 256 cm³/mol. The zero-order valence-corrected chi connectivity index (χ0v) is 33.6. The summed E-state index contributed by atoms with van der Waals surface area (Å²) in [5, 5.41) is 4.62. The lowest BCUT2D eigenvalue weighted by Gasteiger charge is -2.13. The van der Waals surface area contributed by atoms with Crippen molar-refractivity contribution in [2.75, 3.05) is 0 Å². The van der Waals surface area contributed by atoms with E-state index in [1.54, 1.807) is 0 Å². The highest BCUT2D eigenvalue weighted by Gasteiger charge is 2.23. The van der Waals surface area contributed by atoms with Crippen LogP contribution >= 0.6 is 0 Å². The second-order valence-electron chi connectivity index (χ2n) is 15.7. The van der Waals surface area contributed by atoms with Crippen LogP contribution in [0.4, 0.5) is 0 Å². The Kier molecular flexibility index (Phi) is 8.42. The molecule has 0 saturated heterocycles. The maximum Gasteiger partial charge on any atom is 0.238 e. The summed E-state index contributed by atoms with van der Waals surface area (Å²) in [5.74, 6) is 1.77. The van der Waals surface area contributed by atoms with Crippen molar-refractivity contribution in [2.45, 2.75) is 0 Å². The summed E-state index contributed by atoms with van der Waals surface area (Å²) >= 11 is 0. The second-order valence-corrected chi connectivity index (χ2v) is 15.7. The van der Waals surface area contributed by atoms with Gasteiger partial charge in [0.15, 0.2) is 11.6 Å². The van der Waals surface area contributed by atoms with Gasteiger partial charge in [-0.15, -0.1) is 0 Å². The van der Waals surface area contributed by atoms with Gasteiger partial charge in [0.2, 0.25) is 5.95 Å². The van der Waals surface area contributed by atoms with Crippen LogP contribution in [0.3, 0.4) is 0 Å². The Bertz CT molecular complexity index is 3610. The molecule has 0 atom stereocenters. The monoisotopic (exact) mass is 791 g/mol. The molecule has 12 aromatic rings. The molecule has 3 aromatic heterocycles. The Balaban J connectivity index is 1.05. The normalized spacial score (nSPS) is 11.5. The number of fused-ring (bicyclic) bond motifs is 7. The Morgan fingerprint density at radius 2 is 0.661 bits per heavy atom. The molecule has 3 heterocycles. The molecular weight excluding hydrogens is 755 g/mol. The lowest BCUT2D eigenvalue weighted by atomic mass is 9.96. The molecule has 290 valence electrons. The standard InChI is InChI=1S/C57H37N5/c1-4-16-38(17-5-1)39-30-32-40(33-31-39)42-20-14-21-43(36-42)44-22-15-23-45(37-44)56-58-55(41-18-6-2-7-19-41)59-57(60-56)62-52-29-13-11-27-48(52)50-35-34-49-47-26-10-12-28-51(47)61(53(49)54(50)62)46-24-8-3-9-25-46/h1-37H. The molecule has 0 spiro atoms. The quantitative estimate of drug-likeness (QED) is 0.162. The molecular formula is C57H37N5. The summed E-state index contributed by atoms with van der Waals surface area (Å²) < 4.78 is 4.64. The van der Waals surface area contributed by atoms with Crippen molar-refractivity contribution in [2.24, 2.45) is 0 Å². The molecule has 5 heteroatoms. The van der Waals surface area contributed by atoms with E-state index in [0.717, 1.165) is 66.3 Å². The fraction of sp³-hybridized carbons (Fsp3) is 0. The number of aromatic nitrogens is 5. The maximum absolute atomic E-state index is 5.40. The van der Waals surface area contributed by atoms with Crippen molar-refractivity contribution < 1.29 is 0 Å². The maximum atomic E-state index is 5.40. The molecule has 0 aliphatic carbocycles. The van der Waals surface area contributed by atoms with E-state index >= 15 is 0 Å². The lowest BCUT2D eigenvalue weighted by molar-refractivity contribution is 0.953. The first-order valence-electron chi connectivity index (χ1n) is 20.9. The molecule has 0 saturated carbocycles. The van der Waals surface area contributed by atoms with Crippen molar-refractivity contribution in [1.82, 2.24) is 24.1 Å². The van der Waals surface area contributed by atoms with Crippen LogP contribution in [0, 0.1) is 0 Å². The van der Waals surface area contributed by atoms with Crippen molar-refractivity contribution in [3.8, 4) is 67.8 Å². The zero-order chi connectivity index (χ0) is 41.0.